The molecule has 4 heteroatoms. The number of nitriles is 1. The number of hydrogen-bond acceptors (Lipinski definition) is 4. The molecule has 2 aliphatic heterocycles. The summed E-state index contributed by atoms with van der Waals surface area (Å²) in [5.41, 5.74) is -0.390. The monoisotopic (exact) mass is 292 g/mol. The summed E-state index contributed by atoms with van der Waals surface area (Å²) in [4.78, 5) is 5.28. The molecule has 2 heterocycles. The van der Waals surface area contributed by atoms with Crippen LogP contribution < -0.4 is 5.32 Å². The summed E-state index contributed by atoms with van der Waals surface area (Å²) in [6, 6.07) is 3.72. The highest BCUT2D eigenvalue weighted by Gasteiger charge is 2.33. The van der Waals surface area contributed by atoms with Gasteiger partial charge in [-0.1, -0.05) is 13.3 Å². The van der Waals surface area contributed by atoms with Crippen LogP contribution >= 0.6 is 0 Å². The second kappa shape index (κ2) is 7.58. The van der Waals surface area contributed by atoms with Crippen LogP contribution in [-0.4, -0.2) is 60.1 Å². The van der Waals surface area contributed by atoms with Crippen molar-refractivity contribution in [3.8, 4) is 6.07 Å². The number of fused-ring (bicyclic) bond motifs is 1. The van der Waals surface area contributed by atoms with E-state index in [2.05, 4.69) is 42.0 Å². The lowest BCUT2D eigenvalue weighted by atomic mass is 9.92. The molecular formula is C17H32N4. The zero-order valence-electron chi connectivity index (χ0n) is 14.1. The van der Waals surface area contributed by atoms with E-state index in [0.717, 1.165) is 32.0 Å². The first-order valence-corrected chi connectivity index (χ1v) is 8.72. The summed E-state index contributed by atoms with van der Waals surface area (Å²) in [5, 5.41) is 12.9. The maximum absolute atomic E-state index is 9.51. The predicted molar refractivity (Wildman–Crippen MR) is 87.2 cm³/mol. The minimum absolute atomic E-state index is 0.390. The Hall–Kier alpha value is -0.630. The minimum Gasteiger partial charge on any atom is -0.300 e. The van der Waals surface area contributed by atoms with Crippen LogP contribution in [0.3, 0.4) is 0 Å². The molecule has 2 fully saturated rings. The van der Waals surface area contributed by atoms with Gasteiger partial charge in [-0.3, -0.25) is 15.1 Å². The highest BCUT2D eigenvalue weighted by Crippen LogP contribution is 2.24. The second-order valence-corrected chi connectivity index (χ2v) is 7.10. The van der Waals surface area contributed by atoms with Gasteiger partial charge in [0.25, 0.3) is 0 Å². The Bertz CT molecular complexity index is 364. The zero-order chi connectivity index (χ0) is 15.3. The van der Waals surface area contributed by atoms with Gasteiger partial charge in [0.1, 0.15) is 5.54 Å². The average Bonchev–Trinajstić information content (AvgIpc) is 2.52. The third-order valence-electron chi connectivity index (χ3n) is 5.21. The van der Waals surface area contributed by atoms with Crippen molar-refractivity contribution in [1.29, 1.82) is 5.26 Å². The van der Waals surface area contributed by atoms with Crippen molar-refractivity contribution in [3.63, 3.8) is 0 Å². The minimum atomic E-state index is -0.390. The van der Waals surface area contributed by atoms with E-state index in [-0.39, 0.29) is 5.54 Å². The molecule has 2 saturated heterocycles. The van der Waals surface area contributed by atoms with Gasteiger partial charge in [-0.25, -0.2) is 0 Å². The molecule has 3 unspecified atom stereocenters. The van der Waals surface area contributed by atoms with E-state index >= 15 is 0 Å². The molecule has 0 spiro atoms. The molecule has 0 radical (unpaired) electrons. The van der Waals surface area contributed by atoms with Crippen molar-refractivity contribution >= 4 is 0 Å². The van der Waals surface area contributed by atoms with Gasteiger partial charge in [0.15, 0.2) is 0 Å². The van der Waals surface area contributed by atoms with Gasteiger partial charge in [0.2, 0.25) is 0 Å². The van der Waals surface area contributed by atoms with E-state index in [4.69, 9.17) is 0 Å². The van der Waals surface area contributed by atoms with E-state index in [1.165, 1.54) is 38.9 Å². The third kappa shape index (κ3) is 4.42. The van der Waals surface area contributed by atoms with Gasteiger partial charge in [-0.05, 0) is 52.6 Å². The van der Waals surface area contributed by atoms with Gasteiger partial charge < -0.3 is 0 Å². The van der Waals surface area contributed by atoms with Crippen molar-refractivity contribution < 1.29 is 0 Å². The molecule has 1 N–H and O–H groups in total. The quantitative estimate of drug-likeness (QED) is 0.815. The highest BCUT2D eigenvalue weighted by atomic mass is 15.3. The van der Waals surface area contributed by atoms with Crippen molar-refractivity contribution in [2.75, 3.05) is 32.7 Å². The Balaban J connectivity index is 1.87. The first kappa shape index (κ1) is 16.7. The molecule has 120 valence electrons. The Kier molecular flexibility index (Phi) is 6.04. The smallest absolute Gasteiger partial charge is 0.105 e. The standard InChI is InChI=1S/C17H32N4/c1-4-8-19-17(3,14-18)12-15(2)21-11-10-20-9-6-5-7-16(20)13-21/h15-16,19H,4-13H2,1-3H3. The van der Waals surface area contributed by atoms with E-state index in [1.54, 1.807) is 0 Å². The fraction of sp³-hybridized carbons (Fsp3) is 0.941. The fourth-order valence-electron chi connectivity index (χ4n) is 3.86. The number of piperazine rings is 1. The zero-order valence-corrected chi connectivity index (χ0v) is 14.1. The molecule has 4 nitrogen and oxygen atoms in total. The fourth-order valence-corrected chi connectivity index (χ4v) is 3.86. The van der Waals surface area contributed by atoms with Crippen molar-refractivity contribution in [2.45, 2.75) is 70.5 Å². The van der Waals surface area contributed by atoms with Crippen LogP contribution in [-0.2, 0) is 0 Å². The first-order valence-electron chi connectivity index (χ1n) is 8.72. The molecule has 2 aliphatic rings. The lowest BCUT2D eigenvalue weighted by Crippen LogP contribution is -2.58. The van der Waals surface area contributed by atoms with Gasteiger partial charge in [-0.15, -0.1) is 0 Å². The van der Waals surface area contributed by atoms with Crippen LogP contribution in [0.4, 0.5) is 0 Å². The van der Waals surface area contributed by atoms with E-state index in [9.17, 15) is 5.26 Å². The first-order chi connectivity index (χ1) is 10.1. The number of rotatable bonds is 6. The lowest BCUT2D eigenvalue weighted by Gasteiger charge is -2.46. The third-order valence-corrected chi connectivity index (χ3v) is 5.21. The average molecular weight is 292 g/mol. The summed E-state index contributed by atoms with van der Waals surface area (Å²) in [6.45, 7) is 12.3. The van der Waals surface area contributed by atoms with Crippen molar-refractivity contribution in [1.82, 2.24) is 15.1 Å². The topological polar surface area (TPSA) is 42.3 Å². The SMILES string of the molecule is CCCNC(C)(C#N)CC(C)N1CCN2CCCCC2C1. The maximum atomic E-state index is 9.51. The Morgan fingerprint density at radius 1 is 1.33 bits per heavy atom. The summed E-state index contributed by atoms with van der Waals surface area (Å²) >= 11 is 0. The number of nitrogens with zero attached hydrogens (tertiary/aromatic N) is 3. The second-order valence-electron chi connectivity index (χ2n) is 7.10. The van der Waals surface area contributed by atoms with Crippen LogP contribution in [0.2, 0.25) is 0 Å². The normalized spacial score (nSPS) is 28.4. The van der Waals surface area contributed by atoms with Crippen molar-refractivity contribution in [3.05, 3.63) is 0 Å². The Labute approximate surface area is 130 Å². The summed E-state index contributed by atoms with van der Waals surface area (Å²) < 4.78 is 0. The van der Waals surface area contributed by atoms with Crippen LogP contribution in [0.1, 0.15) is 52.9 Å². The van der Waals surface area contributed by atoms with Gasteiger partial charge in [0, 0.05) is 31.7 Å². The molecule has 21 heavy (non-hydrogen) atoms. The number of piperidine rings is 1. The van der Waals surface area contributed by atoms with Gasteiger partial charge >= 0.3 is 0 Å². The van der Waals surface area contributed by atoms with Crippen LogP contribution in [0.25, 0.3) is 0 Å². The van der Waals surface area contributed by atoms with Crippen LogP contribution in [0.15, 0.2) is 0 Å². The molecule has 2 rings (SSSR count). The van der Waals surface area contributed by atoms with E-state index < -0.39 is 0 Å². The van der Waals surface area contributed by atoms with Gasteiger partial charge in [0.05, 0.1) is 6.07 Å². The number of hydrogen-bond donors (Lipinski definition) is 1. The van der Waals surface area contributed by atoms with Gasteiger partial charge in [-0.2, -0.15) is 5.26 Å². The summed E-state index contributed by atoms with van der Waals surface area (Å²) in [7, 11) is 0. The van der Waals surface area contributed by atoms with Crippen LogP contribution in [0.5, 0.6) is 0 Å². The molecular weight excluding hydrogens is 260 g/mol. The molecule has 0 aromatic carbocycles. The van der Waals surface area contributed by atoms with E-state index in [0.29, 0.717) is 6.04 Å². The molecule has 3 atom stereocenters. The predicted octanol–water partition coefficient (Wildman–Crippen LogP) is 2.22. The molecule has 0 amide bonds. The highest BCUT2D eigenvalue weighted by molar-refractivity contribution is 5.05. The molecule has 0 aliphatic carbocycles. The Morgan fingerprint density at radius 2 is 2.14 bits per heavy atom. The maximum Gasteiger partial charge on any atom is 0.105 e. The van der Waals surface area contributed by atoms with E-state index in [1.807, 2.05) is 0 Å². The molecule has 0 aromatic heterocycles. The summed E-state index contributed by atoms with van der Waals surface area (Å²) in [5.74, 6) is 0. The largest absolute Gasteiger partial charge is 0.300 e. The Morgan fingerprint density at radius 3 is 2.86 bits per heavy atom. The summed E-state index contributed by atoms with van der Waals surface area (Å²) in [6.07, 6.45) is 6.10. The van der Waals surface area contributed by atoms with Crippen LogP contribution in [0, 0.1) is 11.3 Å². The number of nitrogens with one attached hydrogen (secondary N) is 1. The molecule has 0 bridgehead atoms. The molecule has 0 aromatic rings. The molecule has 0 saturated carbocycles. The lowest BCUT2D eigenvalue weighted by molar-refractivity contribution is 0.0255. The van der Waals surface area contributed by atoms with Crippen molar-refractivity contribution in [2.24, 2.45) is 0 Å².